The molecule has 4 fully saturated rings. The Kier molecular flexibility index (Phi) is 4.24. The third-order valence-corrected chi connectivity index (χ3v) is 7.56. The number of carbonyl (C=O) groups is 2. The number of hydrogen-bond donors (Lipinski definition) is 2. The zero-order valence-corrected chi connectivity index (χ0v) is 16.4. The maximum absolute atomic E-state index is 13.2. The summed E-state index contributed by atoms with van der Waals surface area (Å²) in [6.07, 6.45) is 4.39. The first kappa shape index (κ1) is 18.3. The highest BCUT2D eigenvalue weighted by Crippen LogP contribution is 2.60. The summed E-state index contributed by atoms with van der Waals surface area (Å²) in [5.41, 5.74) is -0.207. The molecule has 27 heavy (non-hydrogen) atoms. The summed E-state index contributed by atoms with van der Waals surface area (Å²) in [6, 6.07) is 10.1. The van der Waals surface area contributed by atoms with E-state index >= 15 is 0 Å². The molecule has 1 aromatic rings. The van der Waals surface area contributed by atoms with Crippen LogP contribution in [0, 0.1) is 23.2 Å². The van der Waals surface area contributed by atoms with E-state index < -0.39 is 16.9 Å². The molecule has 4 aliphatic carbocycles. The predicted molar refractivity (Wildman–Crippen MR) is 104 cm³/mol. The molecular formula is C22H30N2O3. The molecule has 0 aliphatic heterocycles. The van der Waals surface area contributed by atoms with Crippen LogP contribution >= 0.6 is 0 Å². The van der Waals surface area contributed by atoms with Crippen molar-refractivity contribution in [3.05, 3.63) is 30.3 Å². The highest BCUT2D eigenvalue weighted by atomic mass is 16.4. The Morgan fingerprint density at radius 2 is 1.70 bits per heavy atom. The number of anilines is 1. The van der Waals surface area contributed by atoms with Crippen molar-refractivity contribution in [3.63, 3.8) is 0 Å². The Morgan fingerprint density at radius 3 is 2.26 bits per heavy atom. The standard InChI is InChI=1S/C22H30N2O3/c1-21(2,24(3)17-7-5-4-6-8-17)19(25)23-18-15-9-14-10-16(18)13-22(11-14,12-15)20(26)27/h4-8,14-16,18H,9-13H2,1-3H3,(H,23,25)(H,26,27). The third-order valence-electron chi connectivity index (χ3n) is 7.56. The van der Waals surface area contributed by atoms with Crippen LogP contribution in [0.1, 0.15) is 46.0 Å². The van der Waals surface area contributed by atoms with E-state index in [1.165, 1.54) is 0 Å². The molecule has 5 nitrogen and oxygen atoms in total. The minimum atomic E-state index is -0.680. The summed E-state index contributed by atoms with van der Waals surface area (Å²) in [5, 5.41) is 13.1. The molecule has 0 spiro atoms. The molecule has 2 N–H and O–H groups in total. The Bertz CT molecular complexity index is 729. The number of benzene rings is 1. The second-order valence-corrected chi connectivity index (χ2v) is 9.51. The number of rotatable bonds is 5. The number of carboxylic acid groups (broad SMARTS) is 1. The molecule has 4 saturated carbocycles. The Morgan fingerprint density at radius 1 is 1.11 bits per heavy atom. The number of likely N-dealkylation sites (N-methyl/N-ethyl adjacent to an activating group) is 1. The first-order valence-corrected chi connectivity index (χ1v) is 10.1. The van der Waals surface area contributed by atoms with E-state index in [4.69, 9.17) is 0 Å². The average Bonchev–Trinajstić information content (AvgIpc) is 2.63. The molecule has 5 heteroatoms. The van der Waals surface area contributed by atoms with Gasteiger partial charge in [-0.15, -0.1) is 0 Å². The minimum absolute atomic E-state index is 0.0238. The number of carbonyl (C=O) groups excluding carboxylic acids is 1. The van der Waals surface area contributed by atoms with E-state index in [2.05, 4.69) is 5.32 Å². The van der Waals surface area contributed by atoms with E-state index in [-0.39, 0.29) is 11.9 Å². The number of nitrogens with one attached hydrogen (secondary N) is 1. The summed E-state index contributed by atoms with van der Waals surface area (Å²) >= 11 is 0. The molecule has 1 amide bonds. The van der Waals surface area contributed by atoms with Crippen molar-refractivity contribution in [1.82, 2.24) is 5.32 Å². The number of para-hydroxylation sites is 1. The number of hydrogen-bond acceptors (Lipinski definition) is 3. The second kappa shape index (κ2) is 6.25. The molecule has 5 rings (SSSR count). The highest BCUT2D eigenvalue weighted by Gasteiger charge is 2.59. The van der Waals surface area contributed by atoms with Gasteiger partial charge in [-0.1, -0.05) is 18.2 Å². The van der Waals surface area contributed by atoms with Gasteiger partial charge in [0.15, 0.2) is 0 Å². The van der Waals surface area contributed by atoms with E-state index in [1.54, 1.807) is 0 Å². The van der Waals surface area contributed by atoms with Crippen LogP contribution in [0.2, 0.25) is 0 Å². The second-order valence-electron chi connectivity index (χ2n) is 9.51. The third kappa shape index (κ3) is 2.91. The van der Waals surface area contributed by atoms with Crippen LogP contribution in [-0.4, -0.2) is 35.6 Å². The van der Waals surface area contributed by atoms with Gasteiger partial charge >= 0.3 is 5.97 Å². The fourth-order valence-corrected chi connectivity index (χ4v) is 5.98. The van der Waals surface area contributed by atoms with Gasteiger partial charge in [-0.25, -0.2) is 0 Å². The average molecular weight is 370 g/mol. The van der Waals surface area contributed by atoms with Gasteiger partial charge in [0.25, 0.3) is 0 Å². The Hall–Kier alpha value is -2.04. The predicted octanol–water partition coefficient (Wildman–Crippen LogP) is 3.30. The number of amides is 1. The van der Waals surface area contributed by atoms with Crippen LogP contribution < -0.4 is 10.2 Å². The number of nitrogens with zero attached hydrogens (tertiary/aromatic N) is 1. The van der Waals surface area contributed by atoms with Crippen molar-refractivity contribution in [3.8, 4) is 0 Å². The zero-order valence-electron chi connectivity index (χ0n) is 16.4. The minimum Gasteiger partial charge on any atom is -0.481 e. The lowest BCUT2D eigenvalue weighted by molar-refractivity contribution is -0.168. The van der Waals surface area contributed by atoms with E-state index in [0.717, 1.165) is 37.8 Å². The molecule has 0 saturated heterocycles. The molecule has 146 valence electrons. The van der Waals surface area contributed by atoms with Crippen molar-refractivity contribution >= 4 is 17.6 Å². The molecule has 2 atom stereocenters. The van der Waals surface area contributed by atoms with Crippen molar-refractivity contribution < 1.29 is 14.7 Å². The van der Waals surface area contributed by atoms with Crippen LogP contribution in [0.3, 0.4) is 0 Å². The molecule has 0 radical (unpaired) electrons. The summed E-state index contributed by atoms with van der Waals surface area (Å²) in [7, 11) is 1.95. The fourth-order valence-electron chi connectivity index (χ4n) is 5.98. The topological polar surface area (TPSA) is 69.6 Å². The summed E-state index contributed by atoms with van der Waals surface area (Å²) in [5.74, 6) is 0.515. The largest absolute Gasteiger partial charge is 0.481 e. The lowest BCUT2D eigenvalue weighted by Gasteiger charge is -2.58. The summed E-state index contributed by atoms with van der Waals surface area (Å²) < 4.78 is 0. The SMILES string of the molecule is CN(c1ccccc1)C(C)(C)C(=O)NC1C2CC3CC1CC(C(=O)O)(C3)C2. The lowest BCUT2D eigenvalue weighted by Crippen LogP contribution is -2.64. The van der Waals surface area contributed by atoms with Crippen LogP contribution in [0.25, 0.3) is 0 Å². The molecule has 1 aromatic carbocycles. The quantitative estimate of drug-likeness (QED) is 0.834. The fraction of sp³-hybridized carbons (Fsp3) is 0.636. The van der Waals surface area contributed by atoms with Crippen molar-refractivity contribution in [2.45, 2.75) is 57.5 Å². The molecule has 4 aliphatic rings. The number of carboxylic acids is 1. The Balaban J connectivity index is 1.50. The van der Waals surface area contributed by atoms with Gasteiger partial charge in [0.1, 0.15) is 5.54 Å². The van der Waals surface area contributed by atoms with Crippen LogP contribution in [0.15, 0.2) is 30.3 Å². The van der Waals surface area contributed by atoms with Gasteiger partial charge in [0.05, 0.1) is 5.41 Å². The maximum atomic E-state index is 13.2. The van der Waals surface area contributed by atoms with Crippen molar-refractivity contribution in [2.75, 3.05) is 11.9 Å². The van der Waals surface area contributed by atoms with Gasteiger partial charge in [-0.05, 0) is 75.8 Å². The van der Waals surface area contributed by atoms with Crippen LogP contribution in [-0.2, 0) is 9.59 Å². The lowest BCUT2D eigenvalue weighted by atomic mass is 9.48. The molecular weight excluding hydrogens is 340 g/mol. The van der Waals surface area contributed by atoms with Gasteiger partial charge in [0.2, 0.25) is 5.91 Å². The smallest absolute Gasteiger partial charge is 0.309 e. The van der Waals surface area contributed by atoms with Crippen molar-refractivity contribution in [2.24, 2.45) is 23.2 Å². The van der Waals surface area contributed by atoms with E-state index in [1.807, 2.05) is 56.1 Å². The van der Waals surface area contributed by atoms with Crippen LogP contribution in [0.4, 0.5) is 5.69 Å². The van der Waals surface area contributed by atoms with Gasteiger partial charge < -0.3 is 15.3 Å². The maximum Gasteiger partial charge on any atom is 0.309 e. The number of aliphatic carboxylic acids is 1. The van der Waals surface area contributed by atoms with Gasteiger partial charge in [-0.2, -0.15) is 0 Å². The monoisotopic (exact) mass is 370 g/mol. The van der Waals surface area contributed by atoms with E-state index in [9.17, 15) is 14.7 Å². The van der Waals surface area contributed by atoms with E-state index in [0.29, 0.717) is 17.8 Å². The zero-order chi connectivity index (χ0) is 19.4. The normalized spacial score (nSPS) is 34.3. The summed E-state index contributed by atoms with van der Waals surface area (Å²) in [4.78, 5) is 27.1. The molecule has 4 bridgehead atoms. The van der Waals surface area contributed by atoms with Crippen LogP contribution in [0.5, 0.6) is 0 Å². The molecule has 0 heterocycles. The van der Waals surface area contributed by atoms with Crippen molar-refractivity contribution in [1.29, 1.82) is 0 Å². The van der Waals surface area contributed by atoms with Gasteiger partial charge in [0, 0.05) is 18.8 Å². The first-order valence-electron chi connectivity index (χ1n) is 10.1. The first-order chi connectivity index (χ1) is 12.7. The summed E-state index contributed by atoms with van der Waals surface area (Å²) in [6.45, 7) is 3.90. The Labute approximate surface area is 161 Å². The van der Waals surface area contributed by atoms with Gasteiger partial charge in [-0.3, -0.25) is 9.59 Å². The molecule has 2 unspecified atom stereocenters. The highest BCUT2D eigenvalue weighted by molar-refractivity contribution is 5.89. The molecule has 0 aromatic heterocycles.